The van der Waals surface area contributed by atoms with Crippen molar-refractivity contribution in [3.63, 3.8) is 0 Å². The summed E-state index contributed by atoms with van der Waals surface area (Å²) in [4.78, 5) is 36.6. The van der Waals surface area contributed by atoms with Gasteiger partial charge in [0.1, 0.15) is 0 Å². The van der Waals surface area contributed by atoms with Gasteiger partial charge < -0.3 is 15.0 Å². The maximum absolute atomic E-state index is 11.9. The standard InChI is InChI=1S/C17H22N2O4S/c1-3-9-19(10-4-2)15(20)12-23-16(21)6-5-8-18-17(22)14-7-11-24-13-14/h3-4,7,11,13H,1-2,5-6,8-10,12H2,(H,18,22). The third-order valence-electron chi connectivity index (χ3n) is 3.03. The van der Waals surface area contributed by atoms with E-state index in [1.807, 2.05) is 5.38 Å². The number of nitrogens with zero attached hydrogens (tertiary/aromatic N) is 1. The van der Waals surface area contributed by atoms with E-state index in [4.69, 9.17) is 4.74 Å². The maximum Gasteiger partial charge on any atom is 0.306 e. The van der Waals surface area contributed by atoms with Crippen LogP contribution in [-0.2, 0) is 14.3 Å². The zero-order valence-corrected chi connectivity index (χ0v) is 14.3. The molecule has 0 spiro atoms. The molecule has 7 heteroatoms. The average Bonchev–Trinajstić information content (AvgIpc) is 3.10. The zero-order valence-electron chi connectivity index (χ0n) is 13.5. The number of ether oxygens (including phenoxy) is 1. The predicted octanol–water partition coefficient (Wildman–Crippen LogP) is 2.00. The first-order valence-electron chi connectivity index (χ1n) is 7.54. The van der Waals surface area contributed by atoms with E-state index >= 15 is 0 Å². The molecule has 1 heterocycles. The van der Waals surface area contributed by atoms with Crippen molar-refractivity contribution in [3.8, 4) is 0 Å². The van der Waals surface area contributed by atoms with E-state index in [1.54, 1.807) is 23.6 Å². The largest absolute Gasteiger partial charge is 0.456 e. The Hall–Kier alpha value is -2.41. The van der Waals surface area contributed by atoms with E-state index in [0.29, 0.717) is 31.6 Å². The summed E-state index contributed by atoms with van der Waals surface area (Å²) in [6.07, 6.45) is 3.78. The minimum atomic E-state index is -0.467. The van der Waals surface area contributed by atoms with E-state index in [9.17, 15) is 14.4 Å². The number of esters is 1. The number of carbonyl (C=O) groups excluding carboxylic acids is 3. The number of hydrogen-bond acceptors (Lipinski definition) is 5. The van der Waals surface area contributed by atoms with Crippen LogP contribution in [0.5, 0.6) is 0 Å². The fraction of sp³-hybridized carbons (Fsp3) is 0.353. The Balaban J connectivity index is 2.19. The molecule has 0 unspecified atom stereocenters. The number of nitrogens with one attached hydrogen (secondary N) is 1. The Bertz CT molecular complexity index is 559. The van der Waals surface area contributed by atoms with E-state index < -0.39 is 5.97 Å². The molecule has 0 bridgehead atoms. The SMILES string of the molecule is C=CCN(CC=C)C(=O)COC(=O)CCCNC(=O)c1ccsc1. The first-order valence-corrected chi connectivity index (χ1v) is 8.48. The van der Waals surface area contributed by atoms with E-state index in [-0.39, 0.29) is 24.8 Å². The second kappa shape index (κ2) is 11.2. The first kappa shape index (κ1) is 19.6. The average molecular weight is 350 g/mol. The molecule has 6 nitrogen and oxygen atoms in total. The summed E-state index contributed by atoms with van der Waals surface area (Å²) in [5.74, 6) is -0.927. The van der Waals surface area contributed by atoms with Gasteiger partial charge in [-0.3, -0.25) is 14.4 Å². The van der Waals surface area contributed by atoms with Crippen LogP contribution in [0.25, 0.3) is 0 Å². The van der Waals surface area contributed by atoms with E-state index in [1.165, 1.54) is 16.2 Å². The van der Waals surface area contributed by atoms with Gasteiger partial charge >= 0.3 is 5.97 Å². The lowest BCUT2D eigenvalue weighted by Gasteiger charge is -2.18. The van der Waals surface area contributed by atoms with Crippen molar-refractivity contribution in [2.75, 3.05) is 26.2 Å². The van der Waals surface area contributed by atoms with Crippen LogP contribution < -0.4 is 5.32 Å². The van der Waals surface area contributed by atoms with Crippen LogP contribution in [0.4, 0.5) is 0 Å². The molecule has 1 N–H and O–H groups in total. The van der Waals surface area contributed by atoms with Gasteiger partial charge in [-0.1, -0.05) is 12.2 Å². The van der Waals surface area contributed by atoms with Gasteiger partial charge in [-0.05, 0) is 17.9 Å². The highest BCUT2D eigenvalue weighted by molar-refractivity contribution is 7.08. The van der Waals surface area contributed by atoms with E-state index in [2.05, 4.69) is 18.5 Å². The lowest BCUT2D eigenvalue weighted by molar-refractivity contribution is -0.151. The van der Waals surface area contributed by atoms with Gasteiger partial charge in [0.05, 0.1) is 0 Å². The Kier molecular flexibility index (Phi) is 9.14. The molecule has 0 aliphatic carbocycles. The topological polar surface area (TPSA) is 75.7 Å². The van der Waals surface area contributed by atoms with Crippen LogP contribution in [-0.4, -0.2) is 48.9 Å². The molecule has 0 aromatic carbocycles. The molecule has 0 atom stereocenters. The van der Waals surface area contributed by atoms with Crippen LogP contribution in [0.15, 0.2) is 42.1 Å². The van der Waals surface area contributed by atoms with Crippen LogP contribution in [0.1, 0.15) is 23.2 Å². The Morgan fingerprint density at radius 1 is 1.25 bits per heavy atom. The molecule has 130 valence electrons. The molecule has 1 aromatic heterocycles. The van der Waals surface area contributed by atoms with Gasteiger partial charge in [0, 0.05) is 37.0 Å². The van der Waals surface area contributed by atoms with Crippen molar-refractivity contribution >= 4 is 29.1 Å². The van der Waals surface area contributed by atoms with Crippen LogP contribution in [0, 0.1) is 0 Å². The van der Waals surface area contributed by atoms with Gasteiger partial charge in [0.15, 0.2) is 6.61 Å². The molecular weight excluding hydrogens is 328 g/mol. The van der Waals surface area contributed by atoms with Crippen molar-refractivity contribution in [2.45, 2.75) is 12.8 Å². The van der Waals surface area contributed by atoms with Crippen molar-refractivity contribution in [3.05, 3.63) is 47.7 Å². The Morgan fingerprint density at radius 3 is 2.54 bits per heavy atom. The molecule has 0 saturated heterocycles. The molecule has 1 aromatic rings. The smallest absolute Gasteiger partial charge is 0.306 e. The van der Waals surface area contributed by atoms with Gasteiger partial charge in [0.25, 0.3) is 11.8 Å². The van der Waals surface area contributed by atoms with Crippen LogP contribution in [0.3, 0.4) is 0 Å². The number of amides is 2. The normalized spacial score (nSPS) is 9.83. The Morgan fingerprint density at radius 2 is 1.96 bits per heavy atom. The lowest BCUT2D eigenvalue weighted by atomic mass is 10.3. The highest BCUT2D eigenvalue weighted by Gasteiger charge is 2.13. The van der Waals surface area contributed by atoms with Gasteiger partial charge in [-0.2, -0.15) is 11.3 Å². The van der Waals surface area contributed by atoms with Crippen LogP contribution >= 0.6 is 11.3 Å². The van der Waals surface area contributed by atoms with Gasteiger partial charge in [0.2, 0.25) is 0 Å². The van der Waals surface area contributed by atoms with Crippen molar-refractivity contribution in [2.24, 2.45) is 0 Å². The lowest BCUT2D eigenvalue weighted by Crippen LogP contribution is -2.35. The molecule has 1 rings (SSSR count). The Labute approximate surface area is 145 Å². The van der Waals surface area contributed by atoms with Gasteiger partial charge in [-0.25, -0.2) is 0 Å². The van der Waals surface area contributed by atoms with Gasteiger partial charge in [-0.15, -0.1) is 13.2 Å². The molecule has 24 heavy (non-hydrogen) atoms. The molecular formula is C17H22N2O4S. The summed E-state index contributed by atoms with van der Waals surface area (Å²) in [5.41, 5.74) is 0.609. The second-order valence-electron chi connectivity index (χ2n) is 4.91. The summed E-state index contributed by atoms with van der Waals surface area (Å²) in [5, 5.41) is 6.30. The molecule has 0 fully saturated rings. The maximum atomic E-state index is 11.9. The second-order valence-corrected chi connectivity index (χ2v) is 5.69. The fourth-order valence-corrected chi connectivity index (χ4v) is 2.46. The molecule has 2 amide bonds. The first-order chi connectivity index (χ1) is 11.6. The fourth-order valence-electron chi connectivity index (χ4n) is 1.83. The van der Waals surface area contributed by atoms with Crippen LogP contribution in [0.2, 0.25) is 0 Å². The number of carbonyl (C=O) groups is 3. The quantitative estimate of drug-likeness (QED) is 0.376. The highest BCUT2D eigenvalue weighted by Crippen LogP contribution is 2.05. The summed E-state index contributed by atoms with van der Waals surface area (Å²) >= 11 is 1.45. The summed E-state index contributed by atoms with van der Waals surface area (Å²) < 4.78 is 4.95. The van der Waals surface area contributed by atoms with Crippen molar-refractivity contribution < 1.29 is 19.1 Å². The molecule has 0 radical (unpaired) electrons. The molecule has 0 aliphatic heterocycles. The molecule has 0 saturated carbocycles. The highest BCUT2D eigenvalue weighted by atomic mass is 32.1. The van der Waals surface area contributed by atoms with Crippen molar-refractivity contribution in [1.82, 2.24) is 10.2 Å². The number of thiophene rings is 1. The van der Waals surface area contributed by atoms with Crippen molar-refractivity contribution in [1.29, 1.82) is 0 Å². The zero-order chi connectivity index (χ0) is 17.8. The number of rotatable bonds is 11. The third-order valence-corrected chi connectivity index (χ3v) is 3.72. The molecule has 0 aliphatic rings. The minimum absolute atomic E-state index is 0.139. The summed E-state index contributed by atoms with van der Waals surface area (Å²) in [6.45, 7) is 7.96. The monoisotopic (exact) mass is 350 g/mol. The van der Waals surface area contributed by atoms with E-state index in [0.717, 1.165) is 0 Å². The summed E-state index contributed by atoms with van der Waals surface area (Å²) in [6, 6.07) is 1.73. The minimum Gasteiger partial charge on any atom is -0.456 e. The predicted molar refractivity (Wildman–Crippen MR) is 93.8 cm³/mol. The third kappa shape index (κ3) is 7.23. The number of hydrogen-bond donors (Lipinski definition) is 1. The summed E-state index contributed by atoms with van der Waals surface area (Å²) in [7, 11) is 0.